The molecule has 5 heteroatoms. The first-order valence-electron chi connectivity index (χ1n) is 9.37. The fraction of sp³-hybridized carbons (Fsp3) is 0.409. The van der Waals surface area contributed by atoms with Crippen molar-refractivity contribution in [1.82, 2.24) is 10.6 Å². The smallest absolute Gasteiger partial charge is 0.185 e. The summed E-state index contributed by atoms with van der Waals surface area (Å²) in [5.74, 6) is 1.19. The number of thiocarbonyl (C=S) groups is 1. The van der Waals surface area contributed by atoms with Crippen molar-refractivity contribution in [2.45, 2.75) is 57.7 Å². The summed E-state index contributed by atoms with van der Waals surface area (Å²) in [5, 5.41) is 17.6. The second kappa shape index (κ2) is 6.13. The molecule has 1 spiro atoms. The lowest BCUT2D eigenvalue weighted by Gasteiger charge is -2.51. The summed E-state index contributed by atoms with van der Waals surface area (Å²) < 4.78 is 6.57. The van der Waals surface area contributed by atoms with Crippen LogP contribution in [0.3, 0.4) is 0 Å². The molecule has 2 atom stereocenters. The SMILES string of the molecule is Cc1ccccc1C1CC2(CC(C)(C)NC(=S)N2)Oc2c1ccc(O)c2C. The molecule has 0 radical (unpaired) electrons. The molecule has 1 saturated heterocycles. The highest BCUT2D eigenvalue weighted by atomic mass is 32.1. The van der Waals surface area contributed by atoms with Crippen LogP contribution in [-0.4, -0.2) is 21.5 Å². The number of hydrogen-bond acceptors (Lipinski definition) is 3. The topological polar surface area (TPSA) is 53.5 Å². The number of ether oxygens (including phenoxy) is 1. The molecule has 27 heavy (non-hydrogen) atoms. The summed E-state index contributed by atoms with van der Waals surface area (Å²) in [5.41, 5.74) is 3.65. The molecule has 142 valence electrons. The molecule has 0 bridgehead atoms. The first kappa shape index (κ1) is 18.1. The lowest BCUT2D eigenvalue weighted by atomic mass is 9.76. The second-order valence-electron chi connectivity index (χ2n) is 8.48. The van der Waals surface area contributed by atoms with E-state index in [2.05, 4.69) is 55.7 Å². The predicted octanol–water partition coefficient (Wildman–Crippen LogP) is 4.27. The average molecular weight is 383 g/mol. The van der Waals surface area contributed by atoms with Crippen molar-refractivity contribution in [2.75, 3.05) is 0 Å². The van der Waals surface area contributed by atoms with Gasteiger partial charge in [0.1, 0.15) is 11.5 Å². The van der Waals surface area contributed by atoms with Crippen LogP contribution in [0.4, 0.5) is 0 Å². The molecule has 4 rings (SSSR count). The van der Waals surface area contributed by atoms with Crippen LogP contribution in [0.1, 0.15) is 54.9 Å². The van der Waals surface area contributed by atoms with E-state index in [1.807, 2.05) is 13.0 Å². The number of fused-ring (bicyclic) bond motifs is 1. The van der Waals surface area contributed by atoms with Gasteiger partial charge in [-0.2, -0.15) is 0 Å². The molecule has 2 aromatic carbocycles. The molecule has 0 aliphatic carbocycles. The molecule has 1 fully saturated rings. The van der Waals surface area contributed by atoms with Crippen molar-refractivity contribution in [3.63, 3.8) is 0 Å². The van der Waals surface area contributed by atoms with Gasteiger partial charge in [0.2, 0.25) is 0 Å². The molecule has 2 aromatic rings. The molecule has 2 heterocycles. The van der Waals surface area contributed by atoms with Gasteiger partial charge >= 0.3 is 0 Å². The normalized spacial score (nSPS) is 25.9. The van der Waals surface area contributed by atoms with Gasteiger partial charge in [-0.1, -0.05) is 30.3 Å². The summed E-state index contributed by atoms with van der Waals surface area (Å²) in [6, 6.07) is 12.3. The zero-order chi connectivity index (χ0) is 19.4. The van der Waals surface area contributed by atoms with Crippen molar-refractivity contribution in [2.24, 2.45) is 0 Å². The molecule has 0 saturated carbocycles. The Hall–Kier alpha value is -2.27. The van der Waals surface area contributed by atoms with E-state index < -0.39 is 5.72 Å². The third-order valence-corrected chi connectivity index (χ3v) is 5.90. The summed E-state index contributed by atoms with van der Waals surface area (Å²) in [6.07, 6.45) is 1.54. The minimum absolute atomic E-state index is 0.165. The van der Waals surface area contributed by atoms with Crippen molar-refractivity contribution < 1.29 is 9.84 Å². The standard InChI is InChI=1S/C22H26N2O2S/c1-13-7-5-6-8-15(13)17-11-22(12-21(3,4)23-20(27)24-22)26-19-14(2)18(25)10-9-16(17)19/h5-10,17,25H,11-12H2,1-4H3,(H2,23,24,27). The molecule has 2 unspecified atom stereocenters. The minimum atomic E-state index is -0.607. The van der Waals surface area contributed by atoms with E-state index in [4.69, 9.17) is 17.0 Å². The lowest BCUT2D eigenvalue weighted by Crippen LogP contribution is -2.69. The van der Waals surface area contributed by atoms with Crippen LogP contribution in [0.5, 0.6) is 11.5 Å². The van der Waals surface area contributed by atoms with E-state index in [1.165, 1.54) is 11.1 Å². The Morgan fingerprint density at radius 2 is 1.81 bits per heavy atom. The van der Waals surface area contributed by atoms with Gasteiger partial charge in [-0.3, -0.25) is 0 Å². The molecule has 2 aliphatic rings. The van der Waals surface area contributed by atoms with Gasteiger partial charge in [0.25, 0.3) is 0 Å². The maximum Gasteiger partial charge on any atom is 0.185 e. The van der Waals surface area contributed by atoms with Gasteiger partial charge in [0.05, 0.1) is 0 Å². The Morgan fingerprint density at radius 1 is 1.07 bits per heavy atom. The second-order valence-corrected chi connectivity index (χ2v) is 8.89. The molecular formula is C22H26N2O2S. The number of rotatable bonds is 1. The van der Waals surface area contributed by atoms with Crippen LogP contribution in [0.25, 0.3) is 0 Å². The third kappa shape index (κ3) is 3.14. The van der Waals surface area contributed by atoms with E-state index in [0.29, 0.717) is 5.11 Å². The highest BCUT2D eigenvalue weighted by Gasteiger charge is 2.49. The Bertz CT molecular complexity index is 925. The number of benzene rings is 2. The Morgan fingerprint density at radius 3 is 2.52 bits per heavy atom. The molecular weight excluding hydrogens is 356 g/mol. The average Bonchev–Trinajstić information content (AvgIpc) is 2.56. The van der Waals surface area contributed by atoms with Gasteiger partial charge in [-0.05, 0) is 57.1 Å². The number of hydrogen-bond donors (Lipinski definition) is 3. The van der Waals surface area contributed by atoms with Gasteiger partial charge in [-0.25, -0.2) is 0 Å². The van der Waals surface area contributed by atoms with Crippen molar-refractivity contribution in [3.8, 4) is 11.5 Å². The summed E-state index contributed by atoms with van der Waals surface area (Å²) in [7, 11) is 0. The fourth-order valence-electron chi connectivity index (χ4n) is 4.58. The van der Waals surface area contributed by atoms with Crippen molar-refractivity contribution >= 4 is 17.3 Å². The summed E-state index contributed by atoms with van der Waals surface area (Å²) >= 11 is 5.49. The zero-order valence-electron chi connectivity index (χ0n) is 16.2. The minimum Gasteiger partial charge on any atom is -0.508 e. The predicted molar refractivity (Wildman–Crippen MR) is 111 cm³/mol. The number of aryl methyl sites for hydroxylation is 1. The maximum absolute atomic E-state index is 10.3. The van der Waals surface area contributed by atoms with E-state index in [-0.39, 0.29) is 17.2 Å². The maximum atomic E-state index is 10.3. The monoisotopic (exact) mass is 382 g/mol. The van der Waals surface area contributed by atoms with Crippen molar-refractivity contribution in [3.05, 3.63) is 58.7 Å². The van der Waals surface area contributed by atoms with E-state index >= 15 is 0 Å². The van der Waals surface area contributed by atoms with Crippen LogP contribution < -0.4 is 15.4 Å². The number of phenolic OH excluding ortho intramolecular Hbond substituents is 1. The van der Waals surface area contributed by atoms with Gasteiger partial charge in [0, 0.05) is 35.4 Å². The lowest BCUT2D eigenvalue weighted by molar-refractivity contribution is -0.0135. The molecule has 4 nitrogen and oxygen atoms in total. The van der Waals surface area contributed by atoms with E-state index in [1.54, 1.807) is 6.07 Å². The molecule has 3 N–H and O–H groups in total. The number of aromatic hydroxyl groups is 1. The molecule has 0 aromatic heterocycles. The molecule has 2 aliphatic heterocycles. The molecule has 0 amide bonds. The van der Waals surface area contributed by atoms with E-state index in [9.17, 15) is 5.11 Å². The number of phenols is 1. The summed E-state index contributed by atoms with van der Waals surface area (Å²) in [4.78, 5) is 0. The van der Waals surface area contributed by atoms with Gasteiger partial charge in [-0.15, -0.1) is 0 Å². The highest BCUT2D eigenvalue weighted by Crippen LogP contribution is 2.49. The van der Waals surface area contributed by atoms with E-state index in [0.717, 1.165) is 29.7 Å². The summed E-state index contributed by atoms with van der Waals surface area (Å²) in [6.45, 7) is 8.33. The van der Waals surface area contributed by atoms with Crippen LogP contribution in [0.15, 0.2) is 36.4 Å². The Kier molecular flexibility index (Phi) is 4.11. The van der Waals surface area contributed by atoms with Gasteiger partial charge < -0.3 is 20.5 Å². The highest BCUT2D eigenvalue weighted by molar-refractivity contribution is 7.80. The van der Waals surface area contributed by atoms with Crippen LogP contribution >= 0.6 is 12.2 Å². The van der Waals surface area contributed by atoms with Crippen LogP contribution in [-0.2, 0) is 0 Å². The van der Waals surface area contributed by atoms with Gasteiger partial charge in [0.15, 0.2) is 10.8 Å². The van der Waals surface area contributed by atoms with Crippen LogP contribution in [0.2, 0.25) is 0 Å². The Balaban J connectivity index is 1.89. The number of nitrogens with one attached hydrogen (secondary N) is 2. The fourth-order valence-corrected chi connectivity index (χ4v) is 5.04. The zero-order valence-corrected chi connectivity index (χ0v) is 17.0. The first-order chi connectivity index (χ1) is 12.7. The largest absolute Gasteiger partial charge is 0.508 e. The third-order valence-electron chi connectivity index (χ3n) is 5.70. The van der Waals surface area contributed by atoms with Crippen LogP contribution in [0, 0.1) is 13.8 Å². The quantitative estimate of drug-likeness (QED) is 0.643. The Labute approximate surface area is 165 Å². The first-order valence-corrected chi connectivity index (χ1v) is 9.78. The van der Waals surface area contributed by atoms with Crippen molar-refractivity contribution in [1.29, 1.82) is 0 Å².